The Morgan fingerprint density at radius 1 is 1.36 bits per heavy atom. The maximum Gasteiger partial charge on any atom is 0.334 e. The van der Waals surface area contributed by atoms with E-state index in [0.29, 0.717) is 13.2 Å². The van der Waals surface area contributed by atoms with Gasteiger partial charge < -0.3 is 9.05 Å². The molecule has 0 bridgehead atoms. The first-order valence-corrected chi connectivity index (χ1v) is 6.89. The SMILES string of the molecule is CCOP(=O)(CC=CC(C)Cl)OCC. The van der Waals surface area contributed by atoms with Gasteiger partial charge in [-0.3, -0.25) is 4.57 Å². The topological polar surface area (TPSA) is 35.5 Å². The van der Waals surface area contributed by atoms with Crippen molar-refractivity contribution in [2.75, 3.05) is 19.4 Å². The van der Waals surface area contributed by atoms with Gasteiger partial charge in [0.25, 0.3) is 0 Å². The highest BCUT2D eigenvalue weighted by molar-refractivity contribution is 7.54. The van der Waals surface area contributed by atoms with Gasteiger partial charge in [0.15, 0.2) is 0 Å². The van der Waals surface area contributed by atoms with Crippen LogP contribution in [0.15, 0.2) is 12.2 Å². The van der Waals surface area contributed by atoms with E-state index in [-0.39, 0.29) is 11.5 Å². The van der Waals surface area contributed by atoms with Crippen LogP contribution in [-0.2, 0) is 13.6 Å². The van der Waals surface area contributed by atoms with Crippen LogP contribution in [-0.4, -0.2) is 24.8 Å². The first-order valence-electron chi connectivity index (χ1n) is 4.73. The fourth-order valence-corrected chi connectivity index (χ4v) is 2.47. The van der Waals surface area contributed by atoms with Crippen molar-refractivity contribution in [3.63, 3.8) is 0 Å². The average molecular weight is 241 g/mol. The van der Waals surface area contributed by atoms with Crippen LogP contribution in [0.3, 0.4) is 0 Å². The predicted octanol–water partition coefficient (Wildman–Crippen LogP) is 3.44. The largest absolute Gasteiger partial charge is 0.334 e. The lowest BCUT2D eigenvalue weighted by Crippen LogP contribution is -1.98. The summed E-state index contributed by atoms with van der Waals surface area (Å²) in [4.78, 5) is 0. The van der Waals surface area contributed by atoms with Crippen LogP contribution in [0.1, 0.15) is 20.8 Å². The summed E-state index contributed by atoms with van der Waals surface area (Å²) in [5.74, 6) is 0. The van der Waals surface area contributed by atoms with E-state index in [1.54, 1.807) is 26.0 Å². The Balaban J connectivity index is 4.15. The molecule has 0 saturated heterocycles. The monoisotopic (exact) mass is 240 g/mol. The van der Waals surface area contributed by atoms with Crippen molar-refractivity contribution < 1.29 is 13.6 Å². The minimum atomic E-state index is -2.92. The average Bonchev–Trinajstić information content (AvgIpc) is 2.03. The van der Waals surface area contributed by atoms with E-state index in [1.807, 2.05) is 6.92 Å². The Labute approximate surface area is 91.0 Å². The second-order valence-corrected chi connectivity index (χ2v) is 5.53. The molecule has 1 unspecified atom stereocenters. The summed E-state index contributed by atoms with van der Waals surface area (Å²) >= 11 is 5.70. The molecule has 1 atom stereocenters. The van der Waals surface area contributed by atoms with Gasteiger partial charge in [-0.2, -0.15) is 0 Å². The van der Waals surface area contributed by atoms with Crippen LogP contribution in [0.2, 0.25) is 0 Å². The van der Waals surface area contributed by atoms with Crippen molar-refractivity contribution in [1.82, 2.24) is 0 Å². The Morgan fingerprint density at radius 2 is 1.86 bits per heavy atom. The lowest BCUT2D eigenvalue weighted by molar-refractivity contribution is 0.222. The number of hydrogen-bond donors (Lipinski definition) is 0. The summed E-state index contributed by atoms with van der Waals surface area (Å²) in [5.41, 5.74) is 0. The fourth-order valence-electron chi connectivity index (χ4n) is 0.914. The standard InChI is InChI=1S/C9H18ClO3P/c1-4-12-14(11,13-5-2)8-6-7-9(3)10/h6-7,9H,4-5,8H2,1-3H3. The molecular weight excluding hydrogens is 223 g/mol. The number of rotatable bonds is 7. The van der Waals surface area contributed by atoms with E-state index in [9.17, 15) is 4.57 Å². The summed E-state index contributed by atoms with van der Waals surface area (Å²) in [6.07, 6.45) is 3.79. The molecule has 14 heavy (non-hydrogen) atoms. The molecule has 0 fully saturated rings. The van der Waals surface area contributed by atoms with Gasteiger partial charge in [0.1, 0.15) is 0 Å². The van der Waals surface area contributed by atoms with E-state index >= 15 is 0 Å². The van der Waals surface area contributed by atoms with Crippen LogP contribution in [0, 0.1) is 0 Å². The smallest absolute Gasteiger partial charge is 0.309 e. The maximum atomic E-state index is 11.9. The van der Waals surface area contributed by atoms with E-state index in [1.165, 1.54) is 0 Å². The van der Waals surface area contributed by atoms with E-state index < -0.39 is 7.60 Å². The zero-order chi connectivity index (χ0) is 11.0. The Morgan fingerprint density at radius 3 is 2.21 bits per heavy atom. The molecule has 0 amide bonds. The van der Waals surface area contributed by atoms with Gasteiger partial charge in [0, 0.05) is 5.38 Å². The first kappa shape index (κ1) is 14.2. The second-order valence-electron chi connectivity index (χ2n) is 2.73. The molecule has 0 aromatic heterocycles. The molecule has 0 saturated carbocycles. The highest BCUT2D eigenvalue weighted by Gasteiger charge is 2.20. The molecule has 0 aromatic rings. The first-order chi connectivity index (χ1) is 6.54. The van der Waals surface area contributed by atoms with E-state index in [0.717, 1.165) is 0 Å². The Kier molecular flexibility index (Phi) is 7.56. The molecule has 0 rings (SSSR count). The zero-order valence-corrected chi connectivity index (χ0v) is 10.6. The number of hydrogen-bond acceptors (Lipinski definition) is 3. The highest BCUT2D eigenvalue weighted by atomic mass is 35.5. The number of halogens is 1. The predicted molar refractivity (Wildman–Crippen MR) is 60.2 cm³/mol. The van der Waals surface area contributed by atoms with Gasteiger partial charge in [-0.1, -0.05) is 12.2 Å². The third-order valence-electron chi connectivity index (χ3n) is 1.38. The molecule has 0 radical (unpaired) electrons. The van der Waals surface area contributed by atoms with Gasteiger partial charge in [-0.25, -0.2) is 0 Å². The molecule has 0 N–H and O–H groups in total. The van der Waals surface area contributed by atoms with Crippen molar-refractivity contribution in [3.05, 3.63) is 12.2 Å². The number of alkyl halides is 1. The third-order valence-corrected chi connectivity index (χ3v) is 3.49. The van der Waals surface area contributed by atoms with Gasteiger partial charge in [-0.15, -0.1) is 11.6 Å². The molecule has 0 spiro atoms. The molecule has 0 aliphatic heterocycles. The molecule has 3 nitrogen and oxygen atoms in total. The zero-order valence-electron chi connectivity index (χ0n) is 8.90. The number of allylic oxidation sites excluding steroid dienone is 2. The lowest BCUT2D eigenvalue weighted by Gasteiger charge is -2.14. The van der Waals surface area contributed by atoms with Crippen LogP contribution in [0.25, 0.3) is 0 Å². The molecule has 5 heteroatoms. The molecule has 0 heterocycles. The van der Waals surface area contributed by atoms with E-state index in [4.69, 9.17) is 20.6 Å². The van der Waals surface area contributed by atoms with E-state index in [2.05, 4.69) is 0 Å². The van der Waals surface area contributed by atoms with Gasteiger partial charge in [0.2, 0.25) is 0 Å². The summed E-state index contributed by atoms with van der Waals surface area (Å²) in [6.45, 7) is 6.20. The van der Waals surface area contributed by atoms with Crippen molar-refractivity contribution >= 4 is 19.2 Å². The van der Waals surface area contributed by atoms with Crippen LogP contribution in [0.4, 0.5) is 0 Å². The Hall–Kier alpha value is 0.180. The fraction of sp³-hybridized carbons (Fsp3) is 0.778. The minimum absolute atomic E-state index is 0.0632. The van der Waals surface area contributed by atoms with Crippen LogP contribution < -0.4 is 0 Å². The second kappa shape index (κ2) is 7.47. The normalized spacial score (nSPS) is 14.9. The molecule has 0 aliphatic rings. The molecule has 0 aromatic carbocycles. The summed E-state index contributed by atoms with van der Waals surface area (Å²) in [6, 6.07) is 0. The summed E-state index contributed by atoms with van der Waals surface area (Å²) in [5, 5.41) is -0.0632. The lowest BCUT2D eigenvalue weighted by atomic mass is 10.4. The van der Waals surface area contributed by atoms with Crippen molar-refractivity contribution in [2.24, 2.45) is 0 Å². The van der Waals surface area contributed by atoms with Gasteiger partial charge in [0.05, 0.1) is 19.4 Å². The van der Waals surface area contributed by atoms with Crippen molar-refractivity contribution in [2.45, 2.75) is 26.1 Å². The maximum absolute atomic E-state index is 11.9. The Bertz CT molecular complexity index is 206. The van der Waals surface area contributed by atoms with Crippen molar-refractivity contribution in [3.8, 4) is 0 Å². The quantitative estimate of drug-likeness (QED) is 0.389. The minimum Gasteiger partial charge on any atom is -0.309 e. The molecule has 84 valence electrons. The molecular formula is C9H18ClO3P. The van der Waals surface area contributed by atoms with Crippen molar-refractivity contribution in [1.29, 1.82) is 0 Å². The summed E-state index contributed by atoms with van der Waals surface area (Å²) < 4.78 is 22.0. The van der Waals surface area contributed by atoms with Crippen LogP contribution in [0.5, 0.6) is 0 Å². The highest BCUT2D eigenvalue weighted by Crippen LogP contribution is 2.47. The molecule has 0 aliphatic carbocycles. The third kappa shape index (κ3) is 6.61. The van der Waals surface area contributed by atoms with Gasteiger partial charge in [-0.05, 0) is 20.8 Å². The van der Waals surface area contributed by atoms with Gasteiger partial charge >= 0.3 is 7.60 Å². The van der Waals surface area contributed by atoms with Crippen LogP contribution >= 0.6 is 19.2 Å². The summed E-state index contributed by atoms with van der Waals surface area (Å²) in [7, 11) is -2.92.